The van der Waals surface area contributed by atoms with Crippen LogP contribution < -0.4 is 4.90 Å². The van der Waals surface area contributed by atoms with Gasteiger partial charge in [-0.1, -0.05) is 178 Å². The summed E-state index contributed by atoms with van der Waals surface area (Å²) in [6.45, 7) is 4.69. The summed E-state index contributed by atoms with van der Waals surface area (Å²) < 4.78 is 6.22. The number of hydrogen-bond donors (Lipinski definition) is 0. The molecule has 1 aromatic heterocycles. The van der Waals surface area contributed by atoms with Crippen molar-refractivity contribution < 1.29 is 4.42 Å². The standard InChI is InChI=1S/C57H41NO/c1-57(2)52-28-13-10-25-47(52)50-37-42(32-33-53(50)57)58(41-20-16-19-39(35-41)40-31-34-56-51(36-40)49-27-12-15-30-55(49)59-56)54-29-14-11-26-48(54)46-24-9-8-23-45(46)44-22-7-6-21-43(44)38-17-4-3-5-18-38/h3-37H,1-2H3. The molecule has 0 amide bonds. The first kappa shape index (κ1) is 34.8. The van der Waals surface area contributed by atoms with Gasteiger partial charge in [-0.25, -0.2) is 0 Å². The van der Waals surface area contributed by atoms with Crippen molar-refractivity contribution >= 4 is 39.0 Å². The van der Waals surface area contributed by atoms with Crippen molar-refractivity contribution in [3.8, 4) is 55.6 Å². The number of fused-ring (bicyclic) bond motifs is 6. The minimum absolute atomic E-state index is 0.0892. The van der Waals surface area contributed by atoms with Gasteiger partial charge in [-0.3, -0.25) is 0 Å². The summed E-state index contributed by atoms with van der Waals surface area (Å²) in [6.07, 6.45) is 0. The summed E-state index contributed by atoms with van der Waals surface area (Å²) in [5, 5.41) is 2.25. The molecule has 0 radical (unpaired) electrons. The highest BCUT2D eigenvalue weighted by atomic mass is 16.3. The van der Waals surface area contributed by atoms with Gasteiger partial charge in [-0.15, -0.1) is 0 Å². The van der Waals surface area contributed by atoms with Gasteiger partial charge in [0.15, 0.2) is 0 Å². The van der Waals surface area contributed by atoms with Gasteiger partial charge >= 0.3 is 0 Å². The number of furan rings is 1. The van der Waals surface area contributed by atoms with Crippen LogP contribution in [0.1, 0.15) is 25.0 Å². The van der Waals surface area contributed by atoms with Gasteiger partial charge in [0.05, 0.1) is 5.69 Å². The van der Waals surface area contributed by atoms with Gasteiger partial charge in [0, 0.05) is 33.1 Å². The summed E-state index contributed by atoms with van der Waals surface area (Å²) in [6, 6.07) is 77.0. The van der Waals surface area contributed by atoms with E-state index in [-0.39, 0.29) is 5.41 Å². The van der Waals surface area contributed by atoms with Crippen LogP contribution in [-0.4, -0.2) is 0 Å². The monoisotopic (exact) mass is 755 g/mol. The third-order valence-corrected chi connectivity index (χ3v) is 12.3. The van der Waals surface area contributed by atoms with Crippen LogP contribution in [-0.2, 0) is 5.41 Å². The summed E-state index contributed by atoms with van der Waals surface area (Å²) in [5.41, 5.74) is 19.8. The highest BCUT2D eigenvalue weighted by Gasteiger charge is 2.35. The van der Waals surface area contributed by atoms with E-state index in [0.29, 0.717) is 0 Å². The van der Waals surface area contributed by atoms with Crippen molar-refractivity contribution in [1.82, 2.24) is 0 Å². The van der Waals surface area contributed by atoms with Crippen molar-refractivity contribution in [1.29, 1.82) is 0 Å². The zero-order valence-corrected chi connectivity index (χ0v) is 33.1. The van der Waals surface area contributed by atoms with Crippen LogP contribution in [0.15, 0.2) is 217 Å². The van der Waals surface area contributed by atoms with Crippen LogP contribution >= 0.6 is 0 Å². The molecule has 0 fully saturated rings. The average Bonchev–Trinajstić information content (AvgIpc) is 3.78. The quantitative estimate of drug-likeness (QED) is 0.161. The largest absolute Gasteiger partial charge is 0.456 e. The van der Waals surface area contributed by atoms with E-state index in [1.807, 2.05) is 12.1 Å². The predicted octanol–water partition coefficient (Wildman–Crippen LogP) is 16.0. The molecule has 0 aliphatic heterocycles. The first-order valence-corrected chi connectivity index (χ1v) is 20.4. The van der Waals surface area contributed by atoms with Gasteiger partial charge in [0.25, 0.3) is 0 Å². The van der Waals surface area contributed by atoms with E-state index in [1.54, 1.807) is 0 Å². The predicted molar refractivity (Wildman–Crippen MR) is 248 cm³/mol. The van der Waals surface area contributed by atoms with E-state index in [2.05, 4.69) is 219 Å². The Bertz CT molecular complexity index is 3210. The number of hydrogen-bond acceptors (Lipinski definition) is 2. The fourth-order valence-electron chi connectivity index (χ4n) is 9.44. The first-order chi connectivity index (χ1) is 29.0. The lowest BCUT2D eigenvalue weighted by atomic mass is 9.82. The minimum Gasteiger partial charge on any atom is -0.456 e. The molecule has 0 saturated heterocycles. The normalized spacial score (nSPS) is 12.7. The summed E-state index contributed by atoms with van der Waals surface area (Å²) in [5.74, 6) is 0. The number of anilines is 3. The Morgan fingerprint density at radius 2 is 0.898 bits per heavy atom. The Morgan fingerprint density at radius 3 is 1.71 bits per heavy atom. The van der Waals surface area contributed by atoms with E-state index in [1.165, 1.54) is 50.1 Å². The molecule has 1 aliphatic rings. The topological polar surface area (TPSA) is 16.4 Å². The van der Waals surface area contributed by atoms with Crippen LogP contribution in [0.3, 0.4) is 0 Å². The minimum atomic E-state index is -0.0892. The smallest absolute Gasteiger partial charge is 0.135 e. The molecule has 0 N–H and O–H groups in total. The molecule has 59 heavy (non-hydrogen) atoms. The molecule has 11 rings (SSSR count). The van der Waals surface area contributed by atoms with Crippen molar-refractivity contribution in [2.24, 2.45) is 0 Å². The van der Waals surface area contributed by atoms with Crippen LogP contribution in [0.2, 0.25) is 0 Å². The molecule has 2 heteroatoms. The highest BCUT2D eigenvalue weighted by molar-refractivity contribution is 6.06. The Labute approximate surface area is 345 Å². The maximum atomic E-state index is 6.22. The lowest BCUT2D eigenvalue weighted by molar-refractivity contribution is 0.660. The van der Waals surface area contributed by atoms with E-state index in [9.17, 15) is 0 Å². The fourth-order valence-corrected chi connectivity index (χ4v) is 9.44. The van der Waals surface area contributed by atoms with Gasteiger partial charge < -0.3 is 9.32 Å². The lowest BCUT2D eigenvalue weighted by Crippen LogP contribution is -2.15. The molecule has 0 atom stereocenters. The van der Waals surface area contributed by atoms with Gasteiger partial charge in [0.1, 0.15) is 11.2 Å². The Morgan fingerprint density at radius 1 is 0.339 bits per heavy atom. The van der Waals surface area contributed by atoms with Crippen LogP contribution in [0, 0.1) is 0 Å². The van der Waals surface area contributed by atoms with Crippen molar-refractivity contribution in [3.63, 3.8) is 0 Å². The molecule has 0 spiro atoms. The average molecular weight is 756 g/mol. The molecule has 2 nitrogen and oxygen atoms in total. The van der Waals surface area contributed by atoms with E-state index in [0.717, 1.165) is 55.7 Å². The Kier molecular flexibility index (Phi) is 8.20. The molecule has 1 heterocycles. The maximum Gasteiger partial charge on any atom is 0.135 e. The van der Waals surface area contributed by atoms with Crippen LogP contribution in [0.5, 0.6) is 0 Å². The fraction of sp³-hybridized carbons (Fsp3) is 0.0526. The van der Waals surface area contributed by atoms with Crippen molar-refractivity contribution in [2.45, 2.75) is 19.3 Å². The van der Waals surface area contributed by atoms with Gasteiger partial charge in [-0.2, -0.15) is 0 Å². The molecule has 1 aliphatic carbocycles. The molecular weight excluding hydrogens is 715 g/mol. The third-order valence-electron chi connectivity index (χ3n) is 12.3. The summed E-state index contributed by atoms with van der Waals surface area (Å²) in [7, 11) is 0. The van der Waals surface area contributed by atoms with E-state index in [4.69, 9.17) is 4.42 Å². The summed E-state index contributed by atoms with van der Waals surface area (Å²) in [4.78, 5) is 2.46. The maximum absolute atomic E-state index is 6.22. The van der Waals surface area contributed by atoms with Crippen molar-refractivity contribution in [3.05, 3.63) is 223 Å². The van der Waals surface area contributed by atoms with Gasteiger partial charge in [0.2, 0.25) is 0 Å². The van der Waals surface area contributed by atoms with Gasteiger partial charge in [-0.05, 0) is 110 Å². The molecule has 9 aromatic carbocycles. The molecule has 10 aromatic rings. The first-order valence-electron chi connectivity index (χ1n) is 20.4. The Hall–Kier alpha value is -7.42. The second kappa shape index (κ2) is 13.9. The Balaban J connectivity index is 1.12. The zero-order chi connectivity index (χ0) is 39.5. The zero-order valence-electron chi connectivity index (χ0n) is 33.1. The molecule has 0 bridgehead atoms. The van der Waals surface area contributed by atoms with Crippen molar-refractivity contribution in [2.75, 3.05) is 4.90 Å². The van der Waals surface area contributed by atoms with Crippen LogP contribution in [0.25, 0.3) is 77.6 Å². The number of benzene rings is 9. The molecular formula is C57H41NO. The molecule has 280 valence electrons. The lowest BCUT2D eigenvalue weighted by Gasteiger charge is -2.30. The van der Waals surface area contributed by atoms with Crippen LogP contribution in [0.4, 0.5) is 17.1 Å². The molecule has 0 unspecified atom stereocenters. The van der Waals surface area contributed by atoms with E-state index >= 15 is 0 Å². The third kappa shape index (κ3) is 5.79. The summed E-state index contributed by atoms with van der Waals surface area (Å²) >= 11 is 0. The second-order valence-electron chi connectivity index (χ2n) is 16.1. The number of rotatable bonds is 7. The highest BCUT2D eigenvalue weighted by Crippen LogP contribution is 2.52. The second-order valence-corrected chi connectivity index (χ2v) is 16.1. The molecule has 0 saturated carbocycles. The number of nitrogens with zero attached hydrogens (tertiary/aromatic N) is 1. The van der Waals surface area contributed by atoms with E-state index < -0.39 is 0 Å². The number of para-hydroxylation sites is 2. The SMILES string of the molecule is CC1(C)c2ccccc2-c2cc(N(c3cccc(-c4ccc5oc6ccccc6c5c4)c3)c3ccccc3-c3ccccc3-c3ccccc3-c3ccccc3)ccc21.